The number of aliphatic hydroxyl groups excluding tert-OH is 1. The zero-order valence-corrected chi connectivity index (χ0v) is 17.1. The summed E-state index contributed by atoms with van der Waals surface area (Å²) < 4.78 is 15.9. The number of hydrogen-bond acceptors (Lipinski definition) is 5. The lowest BCUT2D eigenvalue weighted by molar-refractivity contribution is 0.295. The van der Waals surface area contributed by atoms with Crippen molar-refractivity contribution in [3.05, 3.63) is 42.9 Å². The molecule has 1 aliphatic carbocycles. The normalized spacial score (nSPS) is 14.6. The molecular weight excluding hydrogens is 383 g/mol. The molecule has 0 saturated heterocycles. The molecule has 0 amide bonds. The van der Waals surface area contributed by atoms with E-state index in [0.717, 1.165) is 28.6 Å². The minimum absolute atomic E-state index is 0.319. The minimum atomic E-state index is -0.349. The van der Waals surface area contributed by atoms with Crippen molar-refractivity contribution < 1.29 is 9.50 Å². The van der Waals surface area contributed by atoms with E-state index in [-0.39, 0.29) is 5.82 Å². The third kappa shape index (κ3) is 4.28. The van der Waals surface area contributed by atoms with Gasteiger partial charge in [0, 0.05) is 60.1 Å². The maximum atomic E-state index is 14.3. The second-order valence-electron chi connectivity index (χ2n) is 7.60. The summed E-state index contributed by atoms with van der Waals surface area (Å²) in [4.78, 5) is 16.3. The number of fused-ring (bicyclic) bond motifs is 2. The van der Waals surface area contributed by atoms with E-state index in [1.165, 1.54) is 38.2 Å². The highest BCUT2D eigenvalue weighted by molar-refractivity contribution is 5.93. The van der Waals surface area contributed by atoms with Gasteiger partial charge in [-0.25, -0.2) is 14.4 Å². The fourth-order valence-electron chi connectivity index (χ4n) is 3.78. The molecule has 1 fully saturated rings. The number of nitrogens with one attached hydrogen (secondary N) is 2. The van der Waals surface area contributed by atoms with E-state index in [0.29, 0.717) is 24.2 Å². The molecule has 1 aliphatic rings. The number of aromatic amines is 1. The van der Waals surface area contributed by atoms with Crippen LogP contribution in [0.3, 0.4) is 0 Å². The van der Waals surface area contributed by atoms with Crippen molar-refractivity contribution in [1.82, 2.24) is 24.3 Å². The van der Waals surface area contributed by atoms with Crippen LogP contribution in [0.2, 0.25) is 0 Å². The zero-order valence-electron chi connectivity index (χ0n) is 17.1. The lowest BCUT2D eigenvalue weighted by atomic mass is 9.96. The van der Waals surface area contributed by atoms with Gasteiger partial charge in [-0.3, -0.25) is 0 Å². The summed E-state index contributed by atoms with van der Waals surface area (Å²) in [5, 5.41) is 12.2. The Labute approximate surface area is 174 Å². The zero-order chi connectivity index (χ0) is 20.9. The number of imidazole rings is 1. The fraction of sp³-hybridized carbons (Fsp3) is 0.409. The van der Waals surface area contributed by atoms with E-state index >= 15 is 0 Å². The number of halogens is 1. The second-order valence-corrected chi connectivity index (χ2v) is 7.60. The summed E-state index contributed by atoms with van der Waals surface area (Å²) in [6.07, 6.45) is 15.9. The molecule has 0 atom stereocenters. The largest absolute Gasteiger partial charge is 0.396 e. The minimum Gasteiger partial charge on any atom is -0.396 e. The van der Waals surface area contributed by atoms with Crippen molar-refractivity contribution in [2.75, 3.05) is 11.9 Å². The summed E-state index contributed by atoms with van der Waals surface area (Å²) >= 11 is 0. The summed E-state index contributed by atoms with van der Waals surface area (Å²) in [5.41, 5.74) is 2.71. The Morgan fingerprint density at radius 3 is 2.83 bits per heavy atom. The van der Waals surface area contributed by atoms with Crippen LogP contribution < -0.4 is 5.32 Å². The molecule has 8 heteroatoms. The molecule has 30 heavy (non-hydrogen) atoms. The Morgan fingerprint density at radius 2 is 2.07 bits per heavy atom. The molecule has 0 radical (unpaired) electrons. The third-order valence-electron chi connectivity index (χ3n) is 5.35. The van der Waals surface area contributed by atoms with Gasteiger partial charge >= 0.3 is 0 Å². The van der Waals surface area contributed by atoms with Crippen LogP contribution in [-0.2, 0) is 0 Å². The van der Waals surface area contributed by atoms with Crippen molar-refractivity contribution >= 4 is 22.6 Å². The monoisotopic (exact) mass is 410 g/mol. The van der Waals surface area contributed by atoms with E-state index in [4.69, 9.17) is 5.11 Å². The predicted octanol–water partition coefficient (Wildman–Crippen LogP) is 4.55. The summed E-state index contributed by atoms with van der Waals surface area (Å²) in [7, 11) is 0. The predicted molar refractivity (Wildman–Crippen MR) is 116 cm³/mol. The first-order chi connectivity index (χ1) is 14.7. The molecule has 0 spiro atoms. The van der Waals surface area contributed by atoms with Gasteiger partial charge in [-0.05, 0) is 25.3 Å². The molecule has 4 aromatic heterocycles. The first kappa shape index (κ1) is 20.3. The molecule has 0 aromatic carbocycles. The smallest absolute Gasteiger partial charge is 0.224 e. The number of aliphatic hydroxyl groups is 1. The molecular formula is C22H27FN6O. The average molecular weight is 410 g/mol. The van der Waals surface area contributed by atoms with Gasteiger partial charge in [0.2, 0.25) is 5.95 Å². The molecule has 4 aromatic rings. The van der Waals surface area contributed by atoms with Crippen LogP contribution in [0.5, 0.6) is 0 Å². The SMILES string of the molecule is CCCO.Fc1cc(-c2c[nH]c3nc(NC4CCCCC4)ncc23)cn2ccnc12. The van der Waals surface area contributed by atoms with E-state index < -0.39 is 0 Å². The van der Waals surface area contributed by atoms with E-state index in [1.54, 1.807) is 23.0 Å². The van der Waals surface area contributed by atoms with Gasteiger partial charge in [0.15, 0.2) is 11.5 Å². The number of pyridine rings is 1. The maximum Gasteiger partial charge on any atom is 0.224 e. The lowest BCUT2D eigenvalue weighted by Gasteiger charge is -2.22. The van der Waals surface area contributed by atoms with Crippen LogP contribution >= 0.6 is 0 Å². The van der Waals surface area contributed by atoms with Gasteiger partial charge in [-0.1, -0.05) is 26.2 Å². The van der Waals surface area contributed by atoms with Crippen LogP contribution in [0.1, 0.15) is 45.4 Å². The lowest BCUT2D eigenvalue weighted by Crippen LogP contribution is -2.23. The Hall–Kier alpha value is -3.00. The molecule has 5 rings (SSSR count). The molecule has 4 heterocycles. The van der Waals surface area contributed by atoms with Gasteiger partial charge in [-0.2, -0.15) is 4.98 Å². The van der Waals surface area contributed by atoms with Gasteiger partial charge < -0.3 is 19.8 Å². The standard InChI is InChI=1S/C19H19FN6.C3H8O/c20-16-8-12(11-26-7-6-21-18(16)26)14-9-22-17-15(14)10-23-19(25-17)24-13-4-2-1-3-5-13;1-2-3-4/h6-11,13H,1-5H2,(H2,22,23,24,25);4H,2-3H2,1H3. The van der Waals surface area contributed by atoms with E-state index in [1.807, 2.05) is 19.3 Å². The maximum absolute atomic E-state index is 14.3. The van der Waals surface area contributed by atoms with Crippen molar-refractivity contribution in [1.29, 1.82) is 0 Å². The van der Waals surface area contributed by atoms with Gasteiger partial charge in [0.1, 0.15) is 5.65 Å². The summed E-state index contributed by atoms with van der Waals surface area (Å²) in [6.45, 7) is 2.25. The molecule has 1 saturated carbocycles. The molecule has 0 aliphatic heterocycles. The van der Waals surface area contributed by atoms with Crippen molar-refractivity contribution in [3.8, 4) is 11.1 Å². The van der Waals surface area contributed by atoms with E-state index in [9.17, 15) is 4.39 Å². The van der Waals surface area contributed by atoms with Crippen LogP contribution in [0, 0.1) is 5.82 Å². The van der Waals surface area contributed by atoms with Crippen molar-refractivity contribution in [2.45, 2.75) is 51.5 Å². The Kier molecular flexibility index (Phi) is 6.23. The summed E-state index contributed by atoms with van der Waals surface area (Å²) in [5.74, 6) is 0.299. The van der Waals surface area contributed by atoms with Gasteiger partial charge in [-0.15, -0.1) is 0 Å². The topological polar surface area (TPSA) is 91.1 Å². The second kappa shape index (κ2) is 9.21. The number of nitrogens with zero attached hydrogens (tertiary/aromatic N) is 4. The summed E-state index contributed by atoms with van der Waals surface area (Å²) in [6, 6.07) is 1.95. The van der Waals surface area contributed by atoms with E-state index in [2.05, 4.69) is 25.3 Å². The van der Waals surface area contributed by atoms with Crippen LogP contribution in [0.4, 0.5) is 10.3 Å². The van der Waals surface area contributed by atoms with Crippen LogP contribution in [0.25, 0.3) is 27.8 Å². The van der Waals surface area contributed by atoms with Gasteiger partial charge in [0.25, 0.3) is 0 Å². The number of aromatic nitrogens is 5. The van der Waals surface area contributed by atoms with Crippen LogP contribution in [0.15, 0.2) is 37.1 Å². The third-order valence-corrected chi connectivity index (χ3v) is 5.35. The Balaban J connectivity index is 0.000000503. The van der Waals surface area contributed by atoms with Crippen molar-refractivity contribution in [3.63, 3.8) is 0 Å². The number of anilines is 1. The Bertz CT molecular complexity index is 1110. The number of rotatable bonds is 4. The number of hydrogen-bond donors (Lipinski definition) is 3. The highest BCUT2D eigenvalue weighted by Gasteiger charge is 2.16. The quantitative estimate of drug-likeness (QED) is 0.459. The first-order valence-electron chi connectivity index (χ1n) is 10.5. The molecule has 0 unspecified atom stereocenters. The highest BCUT2D eigenvalue weighted by atomic mass is 19.1. The molecule has 0 bridgehead atoms. The fourth-order valence-corrected chi connectivity index (χ4v) is 3.78. The molecule has 3 N–H and O–H groups in total. The first-order valence-corrected chi connectivity index (χ1v) is 10.5. The molecule has 7 nitrogen and oxygen atoms in total. The van der Waals surface area contributed by atoms with Crippen LogP contribution in [-0.4, -0.2) is 42.1 Å². The van der Waals surface area contributed by atoms with Crippen molar-refractivity contribution in [2.24, 2.45) is 0 Å². The highest BCUT2D eigenvalue weighted by Crippen LogP contribution is 2.29. The average Bonchev–Trinajstić information content (AvgIpc) is 3.41. The molecule has 158 valence electrons. The van der Waals surface area contributed by atoms with Gasteiger partial charge in [0.05, 0.1) is 0 Å². The Morgan fingerprint density at radius 1 is 1.27 bits per heavy atom. The number of H-pyrrole nitrogens is 1.